The van der Waals surface area contributed by atoms with Crippen molar-refractivity contribution < 1.29 is 23.3 Å². The zero-order valence-electron chi connectivity index (χ0n) is 14.1. The van der Waals surface area contributed by atoms with Crippen LogP contribution in [0.5, 0.6) is 0 Å². The van der Waals surface area contributed by atoms with Gasteiger partial charge in [0.25, 0.3) is 5.91 Å². The maximum Gasteiger partial charge on any atom is 0.276 e. The Hall–Kier alpha value is -2.84. The van der Waals surface area contributed by atoms with E-state index >= 15 is 0 Å². The molecule has 1 aliphatic heterocycles. The predicted octanol–water partition coefficient (Wildman–Crippen LogP) is 2.02. The van der Waals surface area contributed by atoms with E-state index in [1.54, 1.807) is 41.5 Å². The molecule has 136 valence electrons. The SMILES string of the molecule is O=C(c1cc(-c2ccco2)on1)N1CCN(CC(O)c2ccco2)CC1. The molecule has 0 aromatic carbocycles. The number of aromatic nitrogens is 1. The van der Waals surface area contributed by atoms with E-state index in [4.69, 9.17) is 13.4 Å². The average molecular weight is 357 g/mol. The van der Waals surface area contributed by atoms with Crippen LogP contribution in [0.4, 0.5) is 0 Å². The standard InChI is InChI=1S/C18H19N3O5/c22-14(15-3-1-9-24-15)12-20-5-7-21(8-6-20)18(23)13-11-17(26-19-13)16-4-2-10-25-16/h1-4,9-11,14,22H,5-8,12H2. The van der Waals surface area contributed by atoms with Crippen molar-refractivity contribution in [3.8, 4) is 11.5 Å². The Bertz CT molecular complexity index is 832. The second-order valence-electron chi connectivity index (χ2n) is 6.18. The maximum absolute atomic E-state index is 12.6. The Kier molecular flexibility index (Phi) is 4.59. The molecule has 0 radical (unpaired) electrons. The molecule has 26 heavy (non-hydrogen) atoms. The van der Waals surface area contributed by atoms with E-state index in [-0.39, 0.29) is 11.6 Å². The molecule has 1 aliphatic rings. The summed E-state index contributed by atoms with van der Waals surface area (Å²) in [6.45, 7) is 2.94. The molecular formula is C18H19N3O5. The van der Waals surface area contributed by atoms with Crippen molar-refractivity contribution in [2.24, 2.45) is 0 Å². The van der Waals surface area contributed by atoms with Gasteiger partial charge in [-0.05, 0) is 24.3 Å². The molecule has 4 heterocycles. The van der Waals surface area contributed by atoms with Crippen molar-refractivity contribution in [1.82, 2.24) is 15.0 Å². The number of aliphatic hydroxyl groups excluding tert-OH is 1. The number of rotatable bonds is 5. The fourth-order valence-corrected chi connectivity index (χ4v) is 3.02. The van der Waals surface area contributed by atoms with E-state index in [1.807, 2.05) is 0 Å². The molecular weight excluding hydrogens is 338 g/mol. The predicted molar refractivity (Wildman–Crippen MR) is 90.2 cm³/mol. The highest BCUT2D eigenvalue weighted by atomic mass is 16.5. The van der Waals surface area contributed by atoms with E-state index in [9.17, 15) is 9.90 Å². The Morgan fingerprint density at radius 1 is 1.12 bits per heavy atom. The zero-order valence-corrected chi connectivity index (χ0v) is 14.1. The first-order chi connectivity index (χ1) is 12.7. The van der Waals surface area contributed by atoms with Crippen LogP contribution in [0.3, 0.4) is 0 Å². The van der Waals surface area contributed by atoms with Crippen molar-refractivity contribution in [2.45, 2.75) is 6.10 Å². The maximum atomic E-state index is 12.6. The highest BCUT2D eigenvalue weighted by Crippen LogP contribution is 2.22. The molecule has 8 heteroatoms. The fraction of sp³-hybridized carbons (Fsp3) is 0.333. The second-order valence-corrected chi connectivity index (χ2v) is 6.18. The summed E-state index contributed by atoms with van der Waals surface area (Å²) in [6, 6.07) is 8.59. The third-order valence-corrected chi connectivity index (χ3v) is 4.46. The van der Waals surface area contributed by atoms with Gasteiger partial charge in [-0.25, -0.2) is 0 Å². The lowest BCUT2D eigenvalue weighted by Gasteiger charge is -2.34. The van der Waals surface area contributed by atoms with Gasteiger partial charge in [-0.15, -0.1) is 0 Å². The molecule has 3 aromatic heterocycles. The lowest BCUT2D eigenvalue weighted by Crippen LogP contribution is -2.49. The molecule has 0 bridgehead atoms. The van der Waals surface area contributed by atoms with Crippen molar-refractivity contribution in [1.29, 1.82) is 0 Å². The van der Waals surface area contributed by atoms with Crippen molar-refractivity contribution in [3.63, 3.8) is 0 Å². The van der Waals surface area contributed by atoms with Crippen LogP contribution in [-0.4, -0.2) is 58.7 Å². The van der Waals surface area contributed by atoms with Crippen LogP contribution in [0.15, 0.2) is 56.2 Å². The minimum atomic E-state index is -0.668. The lowest BCUT2D eigenvalue weighted by atomic mass is 10.2. The van der Waals surface area contributed by atoms with Crippen LogP contribution in [0, 0.1) is 0 Å². The summed E-state index contributed by atoms with van der Waals surface area (Å²) in [5, 5.41) is 14.0. The van der Waals surface area contributed by atoms with Crippen LogP contribution < -0.4 is 0 Å². The number of carbonyl (C=O) groups excluding carboxylic acids is 1. The molecule has 1 fully saturated rings. The molecule has 1 N–H and O–H groups in total. The molecule has 3 aromatic rings. The number of carbonyl (C=O) groups is 1. The van der Waals surface area contributed by atoms with Crippen LogP contribution in [0.25, 0.3) is 11.5 Å². The first-order valence-electron chi connectivity index (χ1n) is 8.44. The number of furan rings is 2. The molecule has 0 spiro atoms. The van der Waals surface area contributed by atoms with E-state index in [1.165, 1.54) is 6.26 Å². The van der Waals surface area contributed by atoms with Gasteiger partial charge in [0, 0.05) is 38.8 Å². The summed E-state index contributed by atoms with van der Waals surface area (Å²) in [4.78, 5) is 16.4. The van der Waals surface area contributed by atoms with Gasteiger partial charge in [0.15, 0.2) is 11.5 Å². The Morgan fingerprint density at radius 3 is 2.58 bits per heavy atom. The minimum Gasteiger partial charge on any atom is -0.467 e. The molecule has 0 saturated carbocycles. The first kappa shape index (κ1) is 16.6. The third-order valence-electron chi connectivity index (χ3n) is 4.46. The van der Waals surface area contributed by atoms with Gasteiger partial charge in [-0.2, -0.15) is 0 Å². The number of β-amino-alcohol motifs (C(OH)–C–C–N with tert-alkyl or cyclic N) is 1. The number of aliphatic hydroxyl groups is 1. The van der Waals surface area contributed by atoms with Crippen LogP contribution in [-0.2, 0) is 0 Å². The summed E-state index contributed by atoms with van der Waals surface area (Å²) in [5.41, 5.74) is 0.264. The summed E-state index contributed by atoms with van der Waals surface area (Å²) in [5.74, 6) is 1.35. The Morgan fingerprint density at radius 2 is 1.88 bits per heavy atom. The Labute approximate surface area is 149 Å². The summed E-state index contributed by atoms with van der Waals surface area (Å²) >= 11 is 0. The second kappa shape index (κ2) is 7.19. The van der Waals surface area contributed by atoms with Gasteiger partial charge in [0.1, 0.15) is 11.9 Å². The Balaban J connectivity index is 1.32. The normalized spacial score (nSPS) is 16.7. The van der Waals surface area contributed by atoms with Gasteiger partial charge < -0.3 is 23.4 Å². The molecule has 4 rings (SSSR count). The van der Waals surface area contributed by atoms with Gasteiger partial charge in [0.2, 0.25) is 5.76 Å². The van der Waals surface area contributed by atoms with Gasteiger partial charge in [-0.1, -0.05) is 5.16 Å². The minimum absolute atomic E-state index is 0.169. The van der Waals surface area contributed by atoms with Crippen molar-refractivity contribution >= 4 is 5.91 Å². The summed E-state index contributed by atoms with van der Waals surface area (Å²) < 4.78 is 15.7. The van der Waals surface area contributed by atoms with Gasteiger partial charge in [-0.3, -0.25) is 9.69 Å². The monoisotopic (exact) mass is 357 g/mol. The molecule has 1 amide bonds. The fourth-order valence-electron chi connectivity index (χ4n) is 3.02. The van der Waals surface area contributed by atoms with Gasteiger partial charge in [0.05, 0.1) is 12.5 Å². The molecule has 8 nitrogen and oxygen atoms in total. The molecule has 1 unspecified atom stereocenters. The van der Waals surface area contributed by atoms with E-state index in [2.05, 4.69) is 10.1 Å². The number of nitrogens with zero attached hydrogens (tertiary/aromatic N) is 3. The lowest BCUT2D eigenvalue weighted by molar-refractivity contribution is 0.0479. The topological polar surface area (TPSA) is 96.1 Å². The summed E-state index contributed by atoms with van der Waals surface area (Å²) in [7, 11) is 0. The average Bonchev–Trinajstić information content (AvgIpc) is 3.43. The highest BCUT2D eigenvalue weighted by Gasteiger charge is 2.26. The number of piperazine rings is 1. The number of hydrogen-bond acceptors (Lipinski definition) is 7. The summed E-state index contributed by atoms with van der Waals surface area (Å²) in [6.07, 6.45) is 2.42. The smallest absolute Gasteiger partial charge is 0.276 e. The van der Waals surface area contributed by atoms with Crippen LogP contribution in [0.1, 0.15) is 22.4 Å². The van der Waals surface area contributed by atoms with Crippen LogP contribution in [0.2, 0.25) is 0 Å². The molecule has 0 aliphatic carbocycles. The van der Waals surface area contributed by atoms with Crippen molar-refractivity contribution in [3.05, 3.63) is 54.3 Å². The zero-order chi connectivity index (χ0) is 17.9. The molecule has 1 atom stereocenters. The largest absolute Gasteiger partial charge is 0.467 e. The quantitative estimate of drug-likeness (QED) is 0.746. The van der Waals surface area contributed by atoms with Crippen molar-refractivity contribution in [2.75, 3.05) is 32.7 Å². The third kappa shape index (κ3) is 3.42. The number of amides is 1. The van der Waals surface area contributed by atoms with Gasteiger partial charge >= 0.3 is 0 Å². The van der Waals surface area contributed by atoms with E-state index < -0.39 is 6.10 Å². The van der Waals surface area contributed by atoms with Crippen LogP contribution >= 0.6 is 0 Å². The van der Waals surface area contributed by atoms with E-state index in [0.29, 0.717) is 50.0 Å². The van der Waals surface area contributed by atoms with E-state index in [0.717, 1.165) is 0 Å². The number of hydrogen-bond donors (Lipinski definition) is 1. The first-order valence-corrected chi connectivity index (χ1v) is 8.44. The highest BCUT2D eigenvalue weighted by molar-refractivity contribution is 5.93. The molecule has 1 saturated heterocycles.